The van der Waals surface area contributed by atoms with Crippen LogP contribution in [0, 0.1) is 0 Å². The molecule has 20 heavy (non-hydrogen) atoms. The van der Waals surface area contributed by atoms with Crippen LogP contribution in [-0.2, 0) is 14.3 Å². The van der Waals surface area contributed by atoms with Gasteiger partial charge in [-0.25, -0.2) is 0 Å². The van der Waals surface area contributed by atoms with Gasteiger partial charge in [-0.2, -0.15) is 0 Å². The van der Waals surface area contributed by atoms with Crippen molar-refractivity contribution in [2.75, 3.05) is 40.4 Å². The quantitative estimate of drug-likeness (QED) is 0.759. The predicted molar refractivity (Wildman–Crippen MR) is 77.7 cm³/mol. The molecule has 2 fully saturated rings. The zero-order valence-corrected chi connectivity index (χ0v) is 13.0. The number of rotatable bonds is 5. The second kappa shape index (κ2) is 7.38. The molecule has 0 bridgehead atoms. The number of likely N-dealkylation sites (tertiary alicyclic amines) is 1. The van der Waals surface area contributed by atoms with Crippen LogP contribution in [0.1, 0.15) is 32.6 Å². The molecular weight excluding hydrogens is 256 g/mol. The van der Waals surface area contributed by atoms with Crippen LogP contribution in [0.15, 0.2) is 0 Å². The summed E-state index contributed by atoms with van der Waals surface area (Å²) in [6.45, 7) is 4.91. The summed E-state index contributed by atoms with van der Waals surface area (Å²) in [7, 11) is 4.21. The Morgan fingerprint density at radius 3 is 2.60 bits per heavy atom. The summed E-state index contributed by atoms with van der Waals surface area (Å²) < 4.78 is 11.2. The lowest BCUT2D eigenvalue weighted by atomic mass is 10.0. The minimum atomic E-state index is -0.352. The largest absolute Gasteiger partial charge is 0.376 e. The van der Waals surface area contributed by atoms with Gasteiger partial charge in [-0.05, 0) is 46.7 Å². The topological polar surface area (TPSA) is 42.0 Å². The SMILES string of the molecule is CC(OCC1CCCO1)C(=O)N1CCC(N(C)C)CC1. The molecule has 2 aliphatic heterocycles. The molecule has 5 heteroatoms. The van der Waals surface area contributed by atoms with E-state index in [-0.39, 0.29) is 18.1 Å². The van der Waals surface area contributed by atoms with E-state index in [0.717, 1.165) is 45.4 Å². The van der Waals surface area contributed by atoms with Gasteiger partial charge in [0.1, 0.15) is 6.10 Å². The Kier molecular flexibility index (Phi) is 5.81. The maximum atomic E-state index is 12.3. The van der Waals surface area contributed by atoms with Crippen LogP contribution < -0.4 is 0 Å². The van der Waals surface area contributed by atoms with Gasteiger partial charge >= 0.3 is 0 Å². The Bertz CT molecular complexity index is 308. The van der Waals surface area contributed by atoms with Gasteiger partial charge in [0.25, 0.3) is 5.91 Å². The van der Waals surface area contributed by atoms with Gasteiger partial charge in [0.2, 0.25) is 0 Å². The van der Waals surface area contributed by atoms with Crippen LogP contribution in [0.25, 0.3) is 0 Å². The number of carbonyl (C=O) groups excluding carboxylic acids is 1. The molecule has 0 N–H and O–H groups in total. The lowest BCUT2D eigenvalue weighted by molar-refractivity contribution is -0.146. The second-order valence-electron chi connectivity index (χ2n) is 6.13. The Morgan fingerprint density at radius 2 is 2.05 bits per heavy atom. The zero-order chi connectivity index (χ0) is 14.5. The molecule has 0 aromatic rings. The van der Waals surface area contributed by atoms with Gasteiger partial charge in [-0.1, -0.05) is 0 Å². The first-order chi connectivity index (χ1) is 9.58. The average molecular weight is 284 g/mol. The standard InChI is InChI=1S/C15H28N2O3/c1-12(20-11-14-5-4-10-19-14)15(18)17-8-6-13(7-9-17)16(2)3/h12-14H,4-11H2,1-3H3. The average Bonchev–Trinajstić information content (AvgIpc) is 2.97. The third-order valence-corrected chi connectivity index (χ3v) is 4.41. The number of hydrogen-bond acceptors (Lipinski definition) is 4. The monoisotopic (exact) mass is 284 g/mol. The van der Waals surface area contributed by atoms with E-state index in [9.17, 15) is 4.79 Å². The van der Waals surface area contributed by atoms with Crippen molar-refractivity contribution >= 4 is 5.91 Å². The summed E-state index contributed by atoms with van der Waals surface area (Å²) in [6, 6.07) is 0.599. The highest BCUT2D eigenvalue weighted by atomic mass is 16.5. The fraction of sp³-hybridized carbons (Fsp3) is 0.933. The van der Waals surface area contributed by atoms with Gasteiger partial charge in [0.15, 0.2) is 0 Å². The number of hydrogen-bond donors (Lipinski definition) is 0. The van der Waals surface area contributed by atoms with Crippen LogP contribution in [0.2, 0.25) is 0 Å². The third-order valence-electron chi connectivity index (χ3n) is 4.41. The molecule has 0 aromatic heterocycles. The summed E-state index contributed by atoms with van der Waals surface area (Å²) in [6.07, 6.45) is 4.10. The van der Waals surface area contributed by atoms with E-state index in [2.05, 4.69) is 19.0 Å². The Hall–Kier alpha value is -0.650. The van der Waals surface area contributed by atoms with Crippen LogP contribution >= 0.6 is 0 Å². The lowest BCUT2D eigenvalue weighted by Crippen LogP contribution is -2.48. The van der Waals surface area contributed by atoms with Gasteiger partial charge < -0.3 is 19.3 Å². The Labute approximate surface area is 122 Å². The fourth-order valence-electron chi connectivity index (χ4n) is 2.96. The predicted octanol–water partition coefficient (Wildman–Crippen LogP) is 1.12. The molecule has 2 rings (SSSR count). The molecule has 2 unspecified atom stereocenters. The van der Waals surface area contributed by atoms with E-state index in [0.29, 0.717) is 12.6 Å². The van der Waals surface area contributed by atoms with E-state index < -0.39 is 0 Å². The summed E-state index contributed by atoms with van der Waals surface area (Å²) in [5.41, 5.74) is 0. The van der Waals surface area contributed by atoms with E-state index in [4.69, 9.17) is 9.47 Å². The molecule has 1 amide bonds. The molecule has 116 valence electrons. The maximum Gasteiger partial charge on any atom is 0.251 e. The van der Waals surface area contributed by atoms with E-state index in [1.165, 1.54) is 0 Å². The van der Waals surface area contributed by atoms with Crippen molar-refractivity contribution in [3.8, 4) is 0 Å². The maximum absolute atomic E-state index is 12.3. The van der Waals surface area contributed by atoms with Crippen molar-refractivity contribution in [3.63, 3.8) is 0 Å². The summed E-state index contributed by atoms with van der Waals surface area (Å²) in [4.78, 5) is 16.5. The summed E-state index contributed by atoms with van der Waals surface area (Å²) in [5, 5.41) is 0. The summed E-state index contributed by atoms with van der Waals surface area (Å²) >= 11 is 0. The highest BCUT2D eigenvalue weighted by Crippen LogP contribution is 2.17. The molecule has 2 aliphatic rings. The molecule has 0 aliphatic carbocycles. The van der Waals surface area contributed by atoms with Crippen molar-refractivity contribution in [2.24, 2.45) is 0 Å². The van der Waals surface area contributed by atoms with Crippen LogP contribution in [0.3, 0.4) is 0 Å². The first-order valence-electron chi connectivity index (χ1n) is 7.76. The molecule has 0 spiro atoms. The van der Waals surface area contributed by atoms with Gasteiger partial charge in [0.05, 0.1) is 12.7 Å². The minimum absolute atomic E-state index is 0.125. The molecule has 0 saturated carbocycles. The normalized spacial score (nSPS) is 26.2. The van der Waals surface area contributed by atoms with Crippen molar-refractivity contribution in [1.82, 2.24) is 9.80 Å². The van der Waals surface area contributed by atoms with E-state index >= 15 is 0 Å². The van der Waals surface area contributed by atoms with Crippen molar-refractivity contribution in [1.29, 1.82) is 0 Å². The van der Waals surface area contributed by atoms with Crippen molar-refractivity contribution in [3.05, 3.63) is 0 Å². The molecule has 5 nitrogen and oxygen atoms in total. The highest BCUT2D eigenvalue weighted by molar-refractivity contribution is 5.80. The van der Waals surface area contributed by atoms with Crippen LogP contribution in [0.5, 0.6) is 0 Å². The second-order valence-corrected chi connectivity index (χ2v) is 6.13. The lowest BCUT2D eigenvalue weighted by Gasteiger charge is -2.36. The number of piperidine rings is 1. The van der Waals surface area contributed by atoms with Crippen LogP contribution in [-0.4, -0.2) is 74.4 Å². The first-order valence-corrected chi connectivity index (χ1v) is 7.76. The molecular formula is C15H28N2O3. The highest BCUT2D eigenvalue weighted by Gasteiger charge is 2.28. The first kappa shape index (κ1) is 15.7. The van der Waals surface area contributed by atoms with E-state index in [1.807, 2.05) is 11.8 Å². The molecule has 0 aromatic carbocycles. The number of ether oxygens (including phenoxy) is 2. The van der Waals surface area contributed by atoms with Gasteiger partial charge in [-0.3, -0.25) is 4.79 Å². The number of carbonyl (C=O) groups is 1. The molecule has 2 atom stereocenters. The smallest absolute Gasteiger partial charge is 0.251 e. The molecule has 0 radical (unpaired) electrons. The minimum Gasteiger partial charge on any atom is -0.376 e. The van der Waals surface area contributed by atoms with Gasteiger partial charge in [0, 0.05) is 25.7 Å². The zero-order valence-electron chi connectivity index (χ0n) is 13.0. The number of nitrogens with zero attached hydrogens (tertiary/aromatic N) is 2. The summed E-state index contributed by atoms with van der Waals surface area (Å²) in [5.74, 6) is 0.125. The molecule has 2 heterocycles. The van der Waals surface area contributed by atoms with Crippen molar-refractivity contribution < 1.29 is 14.3 Å². The Balaban J connectivity index is 1.70. The number of amides is 1. The van der Waals surface area contributed by atoms with Crippen LogP contribution in [0.4, 0.5) is 0 Å². The van der Waals surface area contributed by atoms with Gasteiger partial charge in [-0.15, -0.1) is 0 Å². The molecule has 2 saturated heterocycles. The van der Waals surface area contributed by atoms with Crippen molar-refractivity contribution in [2.45, 2.75) is 50.9 Å². The Morgan fingerprint density at radius 1 is 1.35 bits per heavy atom. The third kappa shape index (κ3) is 4.17. The fourth-order valence-corrected chi connectivity index (χ4v) is 2.96. The van der Waals surface area contributed by atoms with E-state index in [1.54, 1.807) is 0 Å².